The largest absolute Gasteiger partial charge is 0.493 e. The maximum Gasteiger partial charge on any atom is 0.315 e. The number of fused-ring (bicyclic) bond motifs is 1. The van der Waals surface area contributed by atoms with E-state index in [-0.39, 0.29) is 23.8 Å². The Morgan fingerprint density at radius 3 is 2.48 bits per heavy atom. The number of nitrogens with one attached hydrogen (secondary N) is 1. The van der Waals surface area contributed by atoms with Gasteiger partial charge in [0.25, 0.3) is 0 Å². The summed E-state index contributed by atoms with van der Waals surface area (Å²) < 4.78 is 11.2. The Morgan fingerprint density at radius 1 is 1.10 bits per heavy atom. The van der Waals surface area contributed by atoms with Gasteiger partial charge in [-0.1, -0.05) is 53.0 Å². The quantitative estimate of drug-likeness (QED) is 0.269. The number of halogens is 2. The number of aromatic amines is 1. The predicted molar refractivity (Wildman–Crippen MR) is 120 cm³/mol. The molecule has 0 aliphatic carbocycles. The van der Waals surface area contributed by atoms with E-state index in [1.54, 1.807) is 18.2 Å². The number of aryl methyl sites for hydroxylation is 1. The topological polar surface area (TPSA) is 90.3 Å². The van der Waals surface area contributed by atoms with Gasteiger partial charge < -0.3 is 14.5 Å². The number of aromatic nitrogens is 2. The summed E-state index contributed by atoms with van der Waals surface area (Å²) in [6.07, 6.45) is 0. The molecule has 0 fully saturated rings. The number of H-pyrrole nitrogens is 1. The van der Waals surface area contributed by atoms with Crippen LogP contribution < -0.4 is 9.47 Å². The molecule has 7 nitrogen and oxygen atoms in total. The molecule has 0 radical (unpaired) electrons. The molecule has 31 heavy (non-hydrogen) atoms. The molecule has 0 amide bonds. The fourth-order valence-electron chi connectivity index (χ4n) is 3.14. The number of imidazole rings is 1. The molecule has 0 atom stereocenters. The number of nitro benzene ring substituents is 1. The first kappa shape index (κ1) is 21.0. The summed E-state index contributed by atoms with van der Waals surface area (Å²) in [5.74, 6) is 0.701. The summed E-state index contributed by atoms with van der Waals surface area (Å²) in [7, 11) is 1.43. The molecule has 0 aliphatic heterocycles. The third-order valence-electron chi connectivity index (χ3n) is 4.75. The maximum absolute atomic E-state index is 11.8. The van der Waals surface area contributed by atoms with Crippen LogP contribution in [0.15, 0.2) is 48.5 Å². The zero-order chi connectivity index (χ0) is 22.1. The van der Waals surface area contributed by atoms with Crippen LogP contribution in [0.2, 0.25) is 10.0 Å². The molecule has 0 unspecified atom stereocenters. The van der Waals surface area contributed by atoms with E-state index in [0.29, 0.717) is 32.5 Å². The highest BCUT2D eigenvalue weighted by molar-refractivity contribution is 6.42. The van der Waals surface area contributed by atoms with Crippen LogP contribution in [0.4, 0.5) is 5.69 Å². The van der Waals surface area contributed by atoms with Gasteiger partial charge in [-0.25, -0.2) is 4.98 Å². The lowest BCUT2D eigenvalue weighted by molar-refractivity contribution is -0.386. The molecular weight excluding hydrogens is 441 g/mol. The second-order valence-corrected chi connectivity index (χ2v) is 7.74. The molecule has 9 heteroatoms. The van der Waals surface area contributed by atoms with Crippen LogP contribution in [0.3, 0.4) is 0 Å². The molecule has 0 spiro atoms. The number of hydrogen-bond donors (Lipinski definition) is 1. The highest BCUT2D eigenvalue weighted by Gasteiger charge is 2.24. The van der Waals surface area contributed by atoms with Crippen molar-refractivity contribution in [3.05, 3.63) is 79.8 Å². The lowest BCUT2D eigenvalue weighted by atomic mass is 10.1. The summed E-state index contributed by atoms with van der Waals surface area (Å²) in [5.41, 5.74) is 3.49. The van der Waals surface area contributed by atoms with Gasteiger partial charge in [0.15, 0.2) is 5.75 Å². The number of benzene rings is 3. The molecule has 0 bridgehead atoms. The van der Waals surface area contributed by atoms with Crippen LogP contribution in [-0.2, 0) is 6.61 Å². The molecule has 158 valence electrons. The first-order chi connectivity index (χ1) is 14.9. The van der Waals surface area contributed by atoms with E-state index in [1.807, 2.05) is 31.2 Å². The molecule has 1 heterocycles. The second kappa shape index (κ2) is 8.45. The Bertz CT molecular complexity index is 1250. The summed E-state index contributed by atoms with van der Waals surface area (Å²) in [6, 6.07) is 14.0. The van der Waals surface area contributed by atoms with Crippen molar-refractivity contribution in [2.24, 2.45) is 0 Å². The van der Waals surface area contributed by atoms with Gasteiger partial charge in [-0.3, -0.25) is 10.1 Å². The average Bonchev–Trinajstić information content (AvgIpc) is 3.15. The predicted octanol–water partition coefficient (Wildman–Crippen LogP) is 6.34. The van der Waals surface area contributed by atoms with Crippen LogP contribution >= 0.6 is 23.2 Å². The zero-order valence-corrected chi connectivity index (χ0v) is 18.1. The summed E-state index contributed by atoms with van der Waals surface area (Å²) >= 11 is 12.1. The van der Waals surface area contributed by atoms with E-state index in [2.05, 4.69) is 9.97 Å². The van der Waals surface area contributed by atoms with Crippen LogP contribution in [0.25, 0.3) is 22.4 Å². The third kappa shape index (κ3) is 4.28. The highest BCUT2D eigenvalue weighted by Crippen LogP contribution is 2.41. The van der Waals surface area contributed by atoms with E-state index in [0.717, 1.165) is 11.1 Å². The molecule has 4 rings (SSSR count). The third-order valence-corrected chi connectivity index (χ3v) is 5.48. The van der Waals surface area contributed by atoms with E-state index < -0.39 is 4.92 Å². The van der Waals surface area contributed by atoms with Crippen molar-refractivity contribution in [2.75, 3.05) is 7.11 Å². The Labute approximate surface area is 187 Å². The summed E-state index contributed by atoms with van der Waals surface area (Å²) in [6.45, 7) is 2.15. The zero-order valence-electron chi connectivity index (χ0n) is 16.6. The minimum Gasteiger partial charge on any atom is -0.493 e. The minimum absolute atomic E-state index is 0.0547. The Kier molecular flexibility index (Phi) is 5.71. The van der Waals surface area contributed by atoms with Crippen LogP contribution in [0, 0.1) is 17.0 Å². The summed E-state index contributed by atoms with van der Waals surface area (Å²) in [4.78, 5) is 18.9. The molecule has 0 saturated heterocycles. The monoisotopic (exact) mass is 457 g/mol. The van der Waals surface area contributed by atoms with Gasteiger partial charge in [-0.05, 0) is 30.7 Å². The van der Waals surface area contributed by atoms with E-state index in [9.17, 15) is 10.1 Å². The van der Waals surface area contributed by atoms with Crippen LogP contribution in [0.1, 0.15) is 11.1 Å². The number of nitrogens with zero attached hydrogens (tertiary/aromatic N) is 2. The number of methoxy groups -OCH3 is 1. The molecule has 1 N–H and O–H groups in total. The normalized spacial score (nSPS) is 11.0. The molecular formula is C22H17Cl2N3O4. The van der Waals surface area contributed by atoms with Crippen LogP contribution in [-0.4, -0.2) is 22.0 Å². The van der Waals surface area contributed by atoms with Crippen LogP contribution in [0.5, 0.6) is 11.5 Å². The molecule has 1 aromatic heterocycles. The van der Waals surface area contributed by atoms with Crippen molar-refractivity contribution in [2.45, 2.75) is 13.5 Å². The fourth-order valence-corrected chi connectivity index (χ4v) is 3.46. The Hall–Kier alpha value is -3.29. The van der Waals surface area contributed by atoms with Gasteiger partial charge in [0, 0.05) is 11.6 Å². The van der Waals surface area contributed by atoms with E-state index in [4.69, 9.17) is 32.7 Å². The highest BCUT2D eigenvalue weighted by atomic mass is 35.5. The number of rotatable bonds is 6. The maximum atomic E-state index is 11.8. The standard InChI is InChI=1S/C22H17Cl2N3O4/c1-12-3-5-13(6-4-12)11-31-21-19(27(28)29)7-14(8-20(21)30-2)22-25-17-9-15(23)16(24)10-18(17)26-22/h3-10H,11H2,1-2H3,(H,25,26). The first-order valence-corrected chi connectivity index (χ1v) is 10.0. The Morgan fingerprint density at radius 2 is 1.81 bits per heavy atom. The fraction of sp³-hybridized carbons (Fsp3) is 0.136. The second-order valence-electron chi connectivity index (χ2n) is 6.93. The van der Waals surface area contributed by atoms with Crippen molar-refractivity contribution in [3.63, 3.8) is 0 Å². The number of hydrogen-bond acceptors (Lipinski definition) is 5. The van der Waals surface area contributed by atoms with E-state index in [1.165, 1.54) is 13.2 Å². The van der Waals surface area contributed by atoms with Gasteiger partial charge in [0.05, 0.1) is 33.1 Å². The van der Waals surface area contributed by atoms with Gasteiger partial charge >= 0.3 is 5.69 Å². The number of ether oxygens (including phenoxy) is 2. The molecule has 4 aromatic rings. The van der Waals surface area contributed by atoms with Gasteiger partial charge in [0.2, 0.25) is 5.75 Å². The minimum atomic E-state index is -0.507. The van der Waals surface area contributed by atoms with Gasteiger partial charge in [-0.15, -0.1) is 0 Å². The lowest BCUT2D eigenvalue weighted by Crippen LogP contribution is -2.02. The van der Waals surface area contributed by atoms with Crippen molar-refractivity contribution >= 4 is 39.9 Å². The number of nitro groups is 1. The van der Waals surface area contributed by atoms with Gasteiger partial charge in [0.1, 0.15) is 12.4 Å². The van der Waals surface area contributed by atoms with E-state index >= 15 is 0 Å². The smallest absolute Gasteiger partial charge is 0.315 e. The van der Waals surface area contributed by atoms with Gasteiger partial charge in [-0.2, -0.15) is 0 Å². The molecule has 0 aliphatic rings. The Balaban J connectivity index is 1.74. The lowest BCUT2D eigenvalue weighted by Gasteiger charge is -2.12. The summed E-state index contributed by atoms with van der Waals surface area (Å²) in [5, 5.41) is 12.5. The SMILES string of the molecule is COc1cc(-c2nc3cc(Cl)c(Cl)cc3[nH]2)cc([N+](=O)[O-])c1OCc1ccc(C)cc1. The molecule has 0 saturated carbocycles. The van der Waals surface area contributed by atoms with Crippen molar-refractivity contribution in [1.82, 2.24) is 9.97 Å². The molecule has 3 aromatic carbocycles. The average molecular weight is 458 g/mol. The van der Waals surface area contributed by atoms with Crippen molar-refractivity contribution in [3.8, 4) is 22.9 Å². The first-order valence-electron chi connectivity index (χ1n) is 9.25. The van der Waals surface area contributed by atoms with Crippen molar-refractivity contribution < 1.29 is 14.4 Å². The van der Waals surface area contributed by atoms with Crippen molar-refractivity contribution in [1.29, 1.82) is 0 Å².